The van der Waals surface area contributed by atoms with Gasteiger partial charge in [0, 0.05) is 63.1 Å². The van der Waals surface area contributed by atoms with Crippen molar-refractivity contribution in [2.45, 2.75) is 65.0 Å². The predicted octanol–water partition coefficient (Wildman–Crippen LogP) is 2.75. The van der Waals surface area contributed by atoms with E-state index in [-0.39, 0.29) is 47.1 Å². The Balaban J connectivity index is 1.33. The Morgan fingerprint density at radius 3 is 2.55 bits per heavy atom. The molecule has 3 aliphatic rings. The van der Waals surface area contributed by atoms with Gasteiger partial charge in [-0.3, -0.25) is 14.5 Å². The van der Waals surface area contributed by atoms with E-state index >= 15 is 0 Å². The van der Waals surface area contributed by atoms with Crippen LogP contribution < -0.4 is 10.2 Å². The van der Waals surface area contributed by atoms with Crippen LogP contribution in [0.4, 0.5) is 10.1 Å². The molecule has 204 valence electrons. The monoisotopic (exact) mass is 522 g/mol. The van der Waals surface area contributed by atoms with Gasteiger partial charge in [-0.25, -0.2) is 4.39 Å². The zero-order chi connectivity index (χ0) is 27.2. The Morgan fingerprint density at radius 1 is 1.13 bits per heavy atom. The summed E-state index contributed by atoms with van der Waals surface area (Å²) >= 11 is 0. The third-order valence-electron chi connectivity index (χ3n) is 8.01. The molecule has 38 heavy (non-hydrogen) atoms. The van der Waals surface area contributed by atoms with Crippen molar-refractivity contribution in [3.05, 3.63) is 53.1 Å². The van der Waals surface area contributed by atoms with E-state index in [1.165, 1.54) is 12.1 Å². The van der Waals surface area contributed by atoms with Gasteiger partial charge in [0.1, 0.15) is 5.82 Å². The number of fused-ring (bicyclic) bond motifs is 1. The first-order valence-corrected chi connectivity index (χ1v) is 13.6. The largest absolute Gasteiger partial charge is 0.341 e. The lowest BCUT2D eigenvalue weighted by atomic mass is 9.91. The standard InChI is InChI=1S/C29H39FN6O2/c1-19-14-34(23(13-31-19)15-35-17-28(2,3)12-25(35)37)16-26(38)36-18-29(4,5)27-24(36)11-22(32-33-27)10-20-6-8-21(30)9-7-20/h6-9,11,19,23,31H,10,12-18H2,1-5H3/t19?,23-/m1/s1. The number of nitrogens with one attached hydrogen (secondary N) is 1. The summed E-state index contributed by atoms with van der Waals surface area (Å²) in [6, 6.07) is 8.67. The van der Waals surface area contributed by atoms with Crippen molar-refractivity contribution in [2.75, 3.05) is 44.2 Å². The topological polar surface area (TPSA) is 81.7 Å². The van der Waals surface area contributed by atoms with Gasteiger partial charge in [0.25, 0.3) is 0 Å². The fourth-order valence-electron chi connectivity index (χ4n) is 6.05. The Labute approximate surface area is 224 Å². The molecule has 1 unspecified atom stereocenters. The molecule has 0 bridgehead atoms. The summed E-state index contributed by atoms with van der Waals surface area (Å²) < 4.78 is 13.3. The van der Waals surface area contributed by atoms with E-state index in [2.05, 4.69) is 55.0 Å². The minimum atomic E-state index is -0.309. The number of halogens is 1. The number of likely N-dealkylation sites (tertiary alicyclic amines) is 1. The molecule has 9 heteroatoms. The fourth-order valence-corrected chi connectivity index (χ4v) is 6.05. The zero-order valence-electron chi connectivity index (χ0n) is 23.1. The average molecular weight is 523 g/mol. The smallest absolute Gasteiger partial charge is 0.241 e. The maximum Gasteiger partial charge on any atom is 0.241 e. The molecule has 0 spiro atoms. The minimum Gasteiger partial charge on any atom is -0.341 e. The lowest BCUT2D eigenvalue weighted by Gasteiger charge is -2.41. The molecule has 5 rings (SSSR count). The highest BCUT2D eigenvalue weighted by atomic mass is 19.1. The molecule has 4 heterocycles. The van der Waals surface area contributed by atoms with Crippen molar-refractivity contribution in [3.63, 3.8) is 0 Å². The predicted molar refractivity (Wildman–Crippen MR) is 144 cm³/mol. The highest BCUT2D eigenvalue weighted by Gasteiger charge is 2.42. The Kier molecular flexibility index (Phi) is 7.02. The van der Waals surface area contributed by atoms with E-state index in [0.29, 0.717) is 25.9 Å². The van der Waals surface area contributed by atoms with Gasteiger partial charge in [0.15, 0.2) is 0 Å². The summed E-state index contributed by atoms with van der Waals surface area (Å²) in [5, 5.41) is 12.5. The van der Waals surface area contributed by atoms with Crippen molar-refractivity contribution >= 4 is 17.5 Å². The molecule has 1 aromatic heterocycles. The number of piperazine rings is 1. The van der Waals surface area contributed by atoms with Crippen LogP contribution in [0.25, 0.3) is 0 Å². The van der Waals surface area contributed by atoms with Gasteiger partial charge in [-0.2, -0.15) is 10.2 Å². The second-order valence-corrected chi connectivity index (χ2v) is 12.7. The van der Waals surface area contributed by atoms with Gasteiger partial charge in [-0.1, -0.05) is 39.8 Å². The van der Waals surface area contributed by atoms with Crippen molar-refractivity contribution in [2.24, 2.45) is 5.41 Å². The van der Waals surface area contributed by atoms with E-state index in [9.17, 15) is 14.0 Å². The highest BCUT2D eigenvalue weighted by molar-refractivity contribution is 5.97. The quantitative estimate of drug-likeness (QED) is 0.629. The molecule has 0 saturated carbocycles. The van der Waals surface area contributed by atoms with E-state index in [4.69, 9.17) is 0 Å². The summed E-state index contributed by atoms with van der Waals surface area (Å²) in [6.07, 6.45) is 1.09. The van der Waals surface area contributed by atoms with Crippen molar-refractivity contribution in [1.82, 2.24) is 25.3 Å². The summed E-state index contributed by atoms with van der Waals surface area (Å²) in [7, 11) is 0. The molecule has 2 atom stereocenters. The number of hydrogen-bond donors (Lipinski definition) is 1. The van der Waals surface area contributed by atoms with Crippen molar-refractivity contribution in [3.8, 4) is 0 Å². The number of carbonyl (C=O) groups excluding carboxylic acids is 2. The molecule has 1 aromatic carbocycles. The number of benzene rings is 1. The summed E-state index contributed by atoms with van der Waals surface area (Å²) in [5.41, 5.74) is 3.00. The van der Waals surface area contributed by atoms with E-state index < -0.39 is 0 Å². The first-order valence-electron chi connectivity index (χ1n) is 13.6. The molecule has 8 nitrogen and oxygen atoms in total. The molecular formula is C29H39FN6O2. The summed E-state index contributed by atoms with van der Waals surface area (Å²) in [5.74, 6) is -0.0437. The van der Waals surface area contributed by atoms with Gasteiger partial charge in [0.2, 0.25) is 11.8 Å². The number of carbonyl (C=O) groups is 2. The fraction of sp³-hybridized carbons (Fsp3) is 0.586. The van der Waals surface area contributed by atoms with E-state index in [1.807, 2.05) is 15.9 Å². The van der Waals surface area contributed by atoms with Crippen molar-refractivity contribution in [1.29, 1.82) is 0 Å². The molecular weight excluding hydrogens is 483 g/mol. The maximum atomic E-state index is 13.8. The molecule has 1 N–H and O–H groups in total. The van der Waals surface area contributed by atoms with Crippen LogP contribution in [0.15, 0.2) is 30.3 Å². The molecule has 2 saturated heterocycles. The number of nitrogens with zero attached hydrogens (tertiary/aromatic N) is 5. The van der Waals surface area contributed by atoms with Gasteiger partial charge >= 0.3 is 0 Å². The SMILES string of the molecule is CC1CN(CC(=O)N2CC(C)(C)c3nnc(Cc4ccc(F)cc4)cc32)[C@@H](CN2CC(C)(C)CC2=O)CN1. The maximum absolute atomic E-state index is 13.8. The second-order valence-electron chi connectivity index (χ2n) is 12.7. The molecule has 2 amide bonds. The third-order valence-corrected chi connectivity index (χ3v) is 8.01. The Bertz CT molecular complexity index is 1210. The number of anilines is 1. The number of hydrogen-bond acceptors (Lipinski definition) is 6. The minimum absolute atomic E-state index is 0.00931. The van der Waals surface area contributed by atoms with Crippen LogP contribution in [-0.2, 0) is 21.4 Å². The highest BCUT2D eigenvalue weighted by Crippen LogP contribution is 2.39. The van der Waals surface area contributed by atoms with Crippen LogP contribution >= 0.6 is 0 Å². The molecule has 3 aliphatic heterocycles. The molecule has 0 aliphatic carbocycles. The number of aromatic nitrogens is 2. The number of amides is 2. The third kappa shape index (κ3) is 5.59. The molecule has 2 aromatic rings. The van der Waals surface area contributed by atoms with Crippen LogP contribution in [0.2, 0.25) is 0 Å². The van der Waals surface area contributed by atoms with Crippen LogP contribution in [0.3, 0.4) is 0 Å². The molecule has 0 radical (unpaired) electrons. The Hall–Kier alpha value is -2.91. The Morgan fingerprint density at radius 2 is 1.87 bits per heavy atom. The first-order chi connectivity index (χ1) is 17.9. The lowest BCUT2D eigenvalue weighted by Crippen LogP contribution is -2.61. The van der Waals surface area contributed by atoms with E-state index in [1.54, 1.807) is 12.1 Å². The molecule has 2 fully saturated rings. The van der Waals surface area contributed by atoms with Gasteiger partial charge < -0.3 is 15.1 Å². The normalized spacial score (nSPS) is 24.6. The van der Waals surface area contributed by atoms with Gasteiger partial charge in [-0.15, -0.1) is 0 Å². The lowest BCUT2D eigenvalue weighted by molar-refractivity contribution is -0.128. The van der Waals surface area contributed by atoms with Crippen LogP contribution in [0.5, 0.6) is 0 Å². The van der Waals surface area contributed by atoms with Crippen LogP contribution in [-0.4, -0.2) is 83.2 Å². The zero-order valence-corrected chi connectivity index (χ0v) is 23.1. The first kappa shape index (κ1) is 26.7. The van der Waals surface area contributed by atoms with E-state index in [0.717, 1.165) is 42.3 Å². The van der Waals surface area contributed by atoms with Crippen molar-refractivity contribution < 1.29 is 14.0 Å². The number of rotatable bonds is 6. The average Bonchev–Trinajstić information content (AvgIpc) is 3.27. The van der Waals surface area contributed by atoms with Gasteiger partial charge in [-0.05, 0) is 36.1 Å². The summed E-state index contributed by atoms with van der Waals surface area (Å²) in [4.78, 5) is 32.5. The summed E-state index contributed by atoms with van der Waals surface area (Å²) in [6.45, 7) is 14.3. The van der Waals surface area contributed by atoms with Crippen LogP contribution in [0.1, 0.15) is 58.0 Å². The van der Waals surface area contributed by atoms with Gasteiger partial charge in [0.05, 0.1) is 23.6 Å². The van der Waals surface area contributed by atoms with Crippen LogP contribution in [0, 0.1) is 11.2 Å². The second kappa shape index (κ2) is 10.0.